The third-order valence-corrected chi connectivity index (χ3v) is 14.7. The molecule has 0 spiro atoms. The molecule has 6 rings (SSSR count). The average Bonchev–Trinajstić information content (AvgIpc) is 3.89. The van der Waals surface area contributed by atoms with Crippen molar-refractivity contribution in [2.75, 3.05) is 39.6 Å². The van der Waals surface area contributed by atoms with Crippen LogP contribution in [0.25, 0.3) is 11.1 Å². The summed E-state index contributed by atoms with van der Waals surface area (Å²) in [4.78, 5) is 72.8. The molecule has 3 aliphatic rings. The number of Topliss-reactive ketones (excluding diaryl/α,β-unsaturated/α-hetero) is 1. The zero-order chi connectivity index (χ0) is 55.4. The number of nitrogen functional groups attached to an aromatic ring is 1. The van der Waals surface area contributed by atoms with Crippen molar-refractivity contribution in [1.82, 2.24) is 30.3 Å². The number of aliphatic hydroxyl groups excluding tert-OH is 1. The molecule has 1 aliphatic carbocycles. The van der Waals surface area contributed by atoms with E-state index in [1.165, 1.54) is 32.4 Å². The first kappa shape index (κ1) is 58.9. The maximum Gasteiger partial charge on any atom is 0.405 e. The number of nitrogens with zero attached hydrogens (tertiary/aromatic N) is 4. The number of carbonyl (C=O) groups excluding carboxylic acids is 5. The highest BCUT2D eigenvalue weighted by atomic mass is 35.5. The molecule has 7 N–H and O–H groups in total. The minimum absolute atomic E-state index is 0.0594. The fourth-order valence-corrected chi connectivity index (χ4v) is 10.3. The smallest absolute Gasteiger partial charge is 0.405 e. The molecule has 410 valence electrons. The van der Waals surface area contributed by atoms with Gasteiger partial charge in [0.05, 0.1) is 40.9 Å². The van der Waals surface area contributed by atoms with Crippen LogP contribution in [0.15, 0.2) is 95.3 Å². The number of nitrogens with two attached hydrogens (primary N) is 2. The zero-order valence-electron chi connectivity index (χ0n) is 43.9. The van der Waals surface area contributed by atoms with E-state index in [0.29, 0.717) is 81.3 Å². The summed E-state index contributed by atoms with van der Waals surface area (Å²) < 4.78 is 39.0. The molecule has 3 amide bonds. The van der Waals surface area contributed by atoms with Gasteiger partial charge in [0.15, 0.2) is 17.7 Å². The molecule has 4 heterocycles. The fraction of sp³-hybridized carbons (Fsp3) is 0.473. The molecule has 0 radical (unpaired) electrons. The first-order valence-corrected chi connectivity index (χ1v) is 26.2. The Kier molecular flexibility index (Phi) is 21.0. The molecule has 2 aromatic heterocycles. The number of allylic oxidation sites excluding steroid dienone is 4. The second-order valence-corrected chi connectivity index (χ2v) is 20.4. The van der Waals surface area contributed by atoms with Crippen LogP contribution in [0.1, 0.15) is 104 Å². The van der Waals surface area contributed by atoms with Crippen molar-refractivity contribution in [3.05, 3.63) is 117 Å². The van der Waals surface area contributed by atoms with Crippen LogP contribution in [0.5, 0.6) is 5.75 Å². The summed E-state index contributed by atoms with van der Waals surface area (Å²) in [5, 5.41) is 22.1. The number of ketones is 2. The van der Waals surface area contributed by atoms with Gasteiger partial charge in [-0.3, -0.25) is 23.9 Å². The van der Waals surface area contributed by atoms with Crippen LogP contribution in [0.4, 0.5) is 15.0 Å². The number of benzene rings is 1. The lowest BCUT2D eigenvalue weighted by Gasteiger charge is -2.32. The van der Waals surface area contributed by atoms with Crippen LogP contribution in [0, 0.1) is 17.7 Å². The monoisotopic (exact) mass is 1090 g/mol. The second kappa shape index (κ2) is 27.1. The minimum atomic E-state index is -1.02. The van der Waals surface area contributed by atoms with Crippen molar-refractivity contribution in [3.63, 3.8) is 0 Å². The third kappa shape index (κ3) is 15.0. The molecular weight excluding hydrogens is 1020 g/mol. The summed E-state index contributed by atoms with van der Waals surface area (Å²) >= 11 is 12.5. The summed E-state index contributed by atoms with van der Waals surface area (Å²) in [7, 11) is 2.91. The number of halogens is 3. The SMILES string of the molecule is COC1C=CC=C(C)C(=O)NC2=CC(=O)C(NCCCCCC(=O)N3CCC(n4cc(-c5cnc(N)c(OC(C)c6c(Cl)ccc(F)c6Cl)c5)cn4)CC3)=C(CC(C)CC(OC)C(O)C(C)C=C(C)C1OC(N)=O)C2=O. The number of aromatic nitrogens is 3. The largest absolute Gasteiger partial charge is 0.482 e. The molecule has 21 heteroatoms. The van der Waals surface area contributed by atoms with Gasteiger partial charge in [0.25, 0.3) is 5.91 Å². The number of methoxy groups -OCH3 is 2. The van der Waals surface area contributed by atoms with Crippen LogP contribution < -0.4 is 26.8 Å². The lowest BCUT2D eigenvalue weighted by molar-refractivity contribution is -0.132. The molecule has 7 atom stereocenters. The van der Waals surface area contributed by atoms with Crippen LogP contribution in [-0.4, -0.2) is 113 Å². The number of fused-ring (bicyclic) bond motifs is 2. The van der Waals surface area contributed by atoms with Crippen LogP contribution >= 0.6 is 23.2 Å². The van der Waals surface area contributed by atoms with Gasteiger partial charge in [-0.2, -0.15) is 5.10 Å². The number of aliphatic hydroxyl groups is 1. The van der Waals surface area contributed by atoms with E-state index >= 15 is 0 Å². The van der Waals surface area contributed by atoms with E-state index < -0.39 is 65.8 Å². The Morgan fingerprint density at radius 2 is 1.78 bits per heavy atom. The molecule has 2 bridgehead atoms. The van der Waals surface area contributed by atoms with E-state index in [9.17, 15) is 33.5 Å². The van der Waals surface area contributed by atoms with E-state index in [2.05, 4.69) is 20.7 Å². The van der Waals surface area contributed by atoms with Crippen LogP contribution in [-0.2, 0) is 33.4 Å². The Balaban J connectivity index is 1.03. The third-order valence-electron chi connectivity index (χ3n) is 14.0. The number of pyridine rings is 1. The molecule has 18 nitrogen and oxygen atoms in total. The normalized spacial score (nSPS) is 22.9. The number of hydrogen-bond acceptors (Lipinski definition) is 14. The first-order valence-electron chi connectivity index (χ1n) is 25.4. The number of anilines is 1. The lowest BCUT2D eigenvalue weighted by Crippen LogP contribution is -2.39. The zero-order valence-corrected chi connectivity index (χ0v) is 45.5. The number of ether oxygens (including phenoxy) is 4. The van der Waals surface area contributed by atoms with Crippen molar-refractivity contribution in [2.24, 2.45) is 17.6 Å². The van der Waals surface area contributed by atoms with Gasteiger partial charge in [0, 0.05) is 97.5 Å². The number of carbonyl (C=O) groups is 5. The van der Waals surface area contributed by atoms with Crippen molar-refractivity contribution < 1.29 is 52.4 Å². The Hall–Kier alpha value is -6.38. The lowest BCUT2D eigenvalue weighted by atomic mass is 9.85. The highest BCUT2D eigenvalue weighted by Gasteiger charge is 2.34. The summed E-state index contributed by atoms with van der Waals surface area (Å²) in [6, 6.07) is 4.41. The number of rotatable bonds is 15. The Bertz CT molecular complexity index is 2790. The molecule has 7 unspecified atom stereocenters. The Morgan fingerprint density at radius 3 is 2.47 bits per heavy atom. The van der Waals surface area contributed by atoms with Gasteiger partial charge in [-0.25, -0.2) is 14.2 Å². The summed E-state index contributed by atoms with van der Waals surface area (Å²) in [6.45, 7) is 10.1. The number of piperidine rings is 1. The maximum atomic E-state index is 14.2. The summed E-state index contributed by atoms with van der Waals surface area (Å²) in [5.74, 6) is -2.51. The van der Waals surface area contributed by atoms with E-state index in [-0.39, 0.29) is 68.4 Å². The van der Waals surface area contributed by atoms with Gasteiger partial charge in [-0.1, -0.05) is 67.8 Å². The van der Waals surface area contributed by atoms with Crippen LogP contribution in [0.2, 0.25) is 10.0 Å². The van der Waals surface area contributed by atoms with Gasteiger partial charge in [-0.05, 0) is 89.0 Å². The Morgan fingerprint density at radius 1 is 1.04 bits per heavy atom. The van der Waals surface area contributed by atoms with Gasteiger partial charge >= 0.3 is 6.09 Å². The topological polar surface area (TPSA) is 253 Å². The second-order valence-electron chi connectivity index (χ2n) is 19.6. The van der Waals surface area contributed by atoms with Gasteiger partial charge in [-0.15, -0.1) is 0 Å². The van der Waals surface area contributed by atoms with Crippen molar-refractivity contribution in [3.8, 4) is 16.9 Å². The minimum Gasteiger partial charge on any atom is -0.482 e. The number of primary amides is 1. The van der Waals surface area contributed by atoms with E-state index in [4.69, 9.17) is 53.6 Å². The molecular formula is C55H69Cl2FN8O10. The molecule has 2 aliphatic heterocycles. The molecule has 1 aromatic carbocycles. The molecule has 0 saturated carbocycles. The quantitative estimate of drug-likeness (QED) is 0.0416. The number of likely N-dealkylation sites (tertiary alicyclic amines) is 1. The Labute approximate surface area is 452 Å². The number of amides is 3. The average molecular weight is 1090 g/mol. The molecule has 1 fully saturated rings. The number of nitrogens with one attached hydrogen (secondary N) is 2. The molecule has 1 saturated heterocycles. The predicted octanol–water partition coefficient (Wildman–Crippen LogP) is 8.20. The van der Waals surface area contributed by atoms with Crippen molar-refractivity contribution in [1.29, 1.82) is 0 Å². The highest BCUT2D eigenvalue weighted by Crippen LogP contribution is 2.38. The molecule has 3 aromatic rings. The van der Waals surface area contributed by atoms with Gasteiger partial charge in [0.1, 0.15) is 18.0 Å². The van der Waals surface area contributed by atoms with Crippen molar-refractivity contribution >= 4 is 58.5 Å². The van der Waals surface area contributed by atoms with E-state index in [1.807, 2.05) is 22.7 Å². The standard InChI is InChI=1S/C55H69Cl2FN8O10/c1-30-22-38-49(42(67)26-41(51(38)70)64-54(71)31(2)12-11-13-43(73-6)52(76-55(60)72)33(4)24-32(3)50(69)44(23-30)74-7)61-19-10-8-9-14-46(68)65-20-17-37(18-21-65)66-29-36(28-63-66)35-25-45(53(59)62-27-35)75-34(5)47-39(56)15-16-40(58)48(47)57/h11-13,15-16,24-30,32,34,37,43-44,50,52,61,69H,8-10,14,17-23H2,1-7H3,(H2,59,62)(H2,60,72)(H,64,71). The highest BCUT2D eigenvalue weighted by molar-refractivity contribution is 6.36. The predicted molar refractivity (Wildman–Crippen MR) is 286 cm³/mol. The van der Waals surface area contributed by atoms with Crippen LogP contribution in [0.3, 0.4) is 0 Å². The van der Waals surface area contributed by atoms with E-state index in [1.54, 1.807) is 64.4 Å². The van der Waals surface area contributed by atoms with E-state index in [0.717, 1.165) is 11.6 Å². The molecule has 76 heavy (non-hydrogen) atoms. The fourth-order valence-electron chi connectivity index (χ4n) is 9.67. The first-order chi connectivity index (χ1) is 36.2. The van der Waals surface area contributed by atoms with Crippen molar-refractivity contribution in [2.45, 2.75) is 123 Å². The van der Waals surface area contributed by atoms with Gasteiger partial charge < -0.3 is 51.1 Å². The maximum absolute atomic E-state index is 14.2. The summed E-state index contributed by atoms with van der Waals surface area (Å²) in [5.41, 5.74) is 14.3. The van der Waals surface area contributed by atoms with Gasteiger partial charge in [0.2, 0.25) is 17.5 Å². The number of hydrogen-bond donors (Lipinski definition) is 5. The number of unbranched alkanes of at least 4 members (excludes halogenated alkanes) is 2. The summed E-state index contributed by atoms with van der Waals surface area (Å²) in [6.07, 6.45) is 11.6.